The van der Waals surface area contributed by atoms with E-state index in [1.54, 1.807) is 53.5 Å². The van der Waals surface area contributed by atoms with Crippen molar-refractivity contribution >= 4 is 17.5 Å². The van der Waals surface area contributed by atoms with Gasteiger partial charge >= 0.3 is 6.03 Å². The molecule has 10 heteroatoms. The molecule has 1 saturated heterocycles. The van der Waals surface area contributed by atoms with Gasteiger partial charge in [-0.25, -0.2) is 9.48 Å². The molecule has 0 bridgehead atoms. The highest BCUT2D eigenvalue weighted by atomic mass is 16.5. The summed E-state index contributed by atoms with van der Waals surface area (Å²) in [5.41, 5.74) is 2.07. The summed E-state index contributed by atoms with van der Waals surface area (Å²) in [5, 5.41) is 10.7. The number of rotatable bonds is 10. The number of morpholine rings is 1. The highest BCUT2D eigenvalue weighted by Gasteiger charge is 2.22. The van der Waals surface area contributed by atoms with Crippen molar-refractivity contribution in [2.24, 2.45) is 0 Å². The lowest BCUT2D eigenvalue weighted by molar-refractivity contribution is 0.0358. The predicted molar refractivity (Wildman–Crippen MR) is 163 cm³/mol. The van der Waals surface area contributed by atoms with Gasteiger partial charge in [0, 0.05) is 55.3 Å². The van der Waals surface area contributed by atoms with Gasteiger partial charge in [-0.15, -0.1) is 0 Å². The van der Waals surface area contributed by atoms with E-state index in [9.17, 15) is 4.79 Å². The monoisotopic (exact) mass is 570 g/mol. The number of aromatic nitrogens is 3. The van der Waals surface area contributed by atoms with E-state index in [0.29, 0.717) is 29.6 Å². The van der Waals surface area contributed by atoms with E-state index in [0.717, 1.165) is 56.4 Å². The standard InChI is InChI=1S/C32H38N6O4/c1-32(2,3)29-23-30(35-31(39)34-24-8-10-26(11-9-24)42-27-12-14-33-15-13-27)38(36-29)25-6-4-7-28(22-25)41-19-5-16-37-17-20-40-21-18-37/h4,6-15,22-23H,5,16-21H2,1-3H3,(H2,34,35,39). The molecule has 0 atom stereocenters. The Morgan fingerprint density at radius 2 is 1.67 bits per heavy atom. The lowest BCUT2D eigenvalue weighted by Gasteiger charge is -2.26. The van der Waals surface area contributed by atoms with Crippen LogP contribution in [0.4, 0.5) is 16.3 Å². The number of hydrogen-bond donors (Lipinski definition) is 2. The highest BCUT2D eigenvalue weighted by Crippen LogP contribution is 2.28. The summed E-state index contributed by atoms with van der Waals surface area (Å²) in [7, 11) is 0. The van der Waals surface area contributed by atoms with Crippen LogP contribution in [0.1, 0.15) is 32.9 Å². The van der Waals surface area contributed by atoms with Gasteiger partial charge in [-0.3, -0.25) is 15.2 Å². The number of benzene rings is 2. The van der Waals surface area contributed by atoms with E-state index in [1.807, 2.05) is 30.3 Å². The molecule has 2 amide bonds. The van der Waals surface area contributed by atoms with Gasteiger partial charge < -0.3 is 19.5 Å². The van der Waals surface area contributed by atoms with E-state index in [2.05, 4.69) is 41.3 Å². The SMILES string of the molecule is CC(C)(C)c1cc(NC(=O)Nc2ccc(Oc3ccncc3)cc2)n(-c2cccc(OCCCN3CCOCC3)c2)n1. The summed E-state index contributed by atoms with van der Waals surface area (Å²) in [4.78, 5) is 19.4. The number of urea groups is 1. The zero-order chi connectivity index (χ0) is 29.4. The fraction of sp³-hybridized carbons (Fsp3) is 0.344. The van der Waals surface area contributed by atoms with Gasteiger partial charge in [0.1, 0.15) is 23.1 Å². The summed E-state index contributed by atoms with van der Waals surface area (Å²) in [6, 6.07) is 20.0. The van der Waals surface area contributed by atoms with Crippen LogP contribution in [-0.2, 0) is 10.2 Å². The number of pyridine rings is 1. The third-order valence-electron chi connectivity index (χ3n) is 6.77. The number of ether oxygens (including phenoxy) is 3. The first kappa shape index (κ1) is 29.1. The van der Waals surface area contributed by atoms with Gasteiger partial charge in [0.2, 0.25) is 0 Å². The maximum absolute atomic E-state index is 13.0. The van der Waals surface area contributed by atoms with Gasteiger partial charge in [0.05, 0.1) is 31.2 Å². The molecule has 2 aromatic heterocycles. The fourth-order valence-corrected chi connectivity index (χ4v) is 4.47. The zero-order valence-corrected chi connectivity index (χ0v) is 24.4. The minimum Gasteiger partial charge on any atom is -0.493 e. The molecule has 1 fully saturated rings. The summed E-state index contributed by atoms with van der Waals surface area (Å²) in [6.45, 7) is 11.4. The number of carbonyl (C=O) groups excluding carboxylic acids is 1. The summed E-state index contributed by atoms with van der Waals surface area (Å²) in [5.74, 6) is 2.66. The Morgan fingerprint density at radius 3 is 2.40 bits per heavy atom. The van der Waals surface area contributed by atoms with Gasteiger partial charge in [-0.1, -0.05) is 26.8 Å². The molecule has 1 aliphatic rings. The first-order valence-corrected chi connectivity index (χ1v) is 14.2. The molecule has 0 saturated carbocycles. The van der Waals surface area contributed by atoms with Crippen LogP contribution in [-0.4, -0.2) is 65.2 Å². The maximum atomic E-state index is 13.0. The molecule has 2 aromatic carbocycles. The van der Waals surface area contributed by atoms with Crippen molar-refractivity contribution in [1.29, 1.82) is 0 Å². The smallest absolute Gasteiger partial charge is 0.324 e. The van der Waals surface area contributed by atoms with E-state index in [-0.39, 0.29) is 11.4 Å². The number of anilines is 2. The Hall–Kier alpha value is -4.41. The molecule has 0 aliphatic carbocycles. The molecular weight excluding hydrogens is 532 g/mol. The second-order valence-corrected chi connectivity index (χ2v) is 11.1. The fourth-order valence-electron chi connectivity index (χ4n) is 4.47. The molecular formula is C32H38N6O4. The van der Waals surface area contributed by atoms with Crippen molar-refractivity contribution in [2.75, 3.05) is 50.1 Å². The minimum absolute atomic E-state index is 0.212. The normalized spacial score (nSPS) is 13.9. The minimum atomic E-state index is -0.380. The van der Waals surface area contributed by atoms with Crippen LogP contribution >= 0.6 is 0 Å². The average molecular weight is 571 g/mol. The Bertz CT molecular complexity index is 1440. The molecule has 5 rings (SSSR count). The molecule has 220 valence electrons. The van der Waals surface area contributed by atoms with E-state index in [4.69, 9.17) is 19.3 Å². The number of nitrogens with one attached hydrogen (secondary N) is 2. The van der Waals surface area contributed by atoms with Gasteiger partial charge in [0.15, 0.2) is 0 Å². The van der Waals surface area contributed by atoms with Crippen LogP contribution in [0.5, 0.6) is 17.2 Å². The molecule has 4 aromatic rings. The van der Waals surface area contributed by atoms with E-state index < -0.39 is 0 Å². The number of carbonyl (C=O) groups is 1. The molecule has 1 aliphatic heterocycles. The van der Waals surface area contributed by atoms with Gasteiger partial charge in [0.25, 0.3) is 0 Å². The second-order valence-electron chi connectivity index (χ2n) is 11.1. The van der Waals surface area contributed by atoms with Crippen molar-refractivity contribution in [3.05, 3.63) is 84.8 Å². The number of amides is 2. The van der Waals surface area contributed by atoms with Crippen molar-refractivity contribution in [3.63, 3.8) is 0 Å². The van der Waals surface area contributed by atoms with Crippen LogP contribution in [0.15, 0.2) is 79.1 Å². The van der Waals surface area contributed by atoms with Crippen LogP contribution in [0.25, 0.3) is 5.69 Å². The molecule has 3 heterocycles. The highest BCUT2D eigenvalue weighted by molar-refractivity contribution is 5.99. The quantitative estimate of drug-likeness (QED) is 0.222. The first-order chi connectivity index (χ1) is 20.3. The number of nitrogens with zero attached hydrogens (tertiary/aromatic N) is 4. The first-order valence-electron chi connectivity index (χ1n) is 14.2. The van der Waals surface area contributed by atoms with E-state index >= 15 is 0 Å². The van der Waals surface area contributed by atoms with Crippen LogP contribution < -0.4 is 20.1 Å². The Balaban J connectivity index is 1.23. The maximum Gasteiger partial charge on any atom is 0.324 e. The summed E-state index contributed by atoms with van der Waals surface area (Å²) >= 11 is 0. The zero-order valence-electron chi connectivity index (χ0n) is 24.4. The molecule has 0 spiro atoms. The van der Waals surface area contributed by atoms with Crippen molar-refractivity contribution in [1.82, 2.24) is 19.7 Å². The third kappa shape index (κ3) is 8.08. The molecule has 42 heavy (non-hydrogen) atoms. The Kier molecular flexibility index (Phi) is 9.35. The Labute approximate surface area is 246 Å². The topological polar surface area (TPSA) is 103 Å². The third-order valence-corrected chi connectivity index (χ3v) is 6.77. The molecule has 0 unspecified atom stereocenters. The molecule has 0 radical (unpaired) electrons. The lowest BCUT2D eigenvalue weighted by atomic mass is 9.92. The molecule has 10 nitrogen and oxygen atoms in total. The lowest BCUT2D eigenvalue weighted by Crippen LogP contribution is -2.37. The largest absolute Gasteiger partial charge is 0.493 e. The average Bonchev–Trinajstić information content (AvgIpc) is 3.42. The van der Waals surface area contributed by atoms with Crippen LogP contribution in [0, 0.1) is 0 Å². The van der Waals surface area contributed by atoms with Crippen molar-refractivity contribution in [2.45, 2.75) is 32.6 Å². The van der Waals surface area contributed by atoms with E-state index in [1.165, 1.54) is 0 Å². The predicted octanol–water partition coefficient (Wildman–Crippen LogP) is 6.10. The Morgan fingerprint density at radius 1 is 0.929 bits per heavy atom. The summed E-state index contributed by atoms with van der Waals surface area (Å²) < 4.78 is 19.0. The van der Waals surface area contributed by atoms with Crippen molar-refractivity contribution in [3.8, 4) is 22.9 Å². The molecule has 2 N–H and O–H groups in total. The van der Waals surface area contributed by atoms with Gasteiger partial charge in [-0.2, -0.15) is 5.10 Å². The summed E-state index contributed by atoms with van der Waals surface area (Å²) in [6.07, 6.45) is 4.27. The van der Waals surface area contributed by atoms with Gasteiger partial charge in [-0.05, 0) is 55.0 Å². The number of hydrogen-bond acceptors (Lipinski definition) is 7. The van der Waals surface area contributed by atoms with Crippen LogP contribution in [0.2, 0.25) is 0 Å². The second kappa shape index (κ2) is 13.5. The van der Waals surface area contributed by atoms with Crippen LogP contribution in [0.3, 0.4) is 0 Å². The van der Waals surface area contributed by atoms with Crippen molar-refractivity contribution < 1.29 is 19.0 Å².